The summed E-state index contributed by atoms with van der Waals surface area (Å²) in [6.45, 7) is 8.27. The number of anilines is 1. The summed E-state index contributed by atoms with van der Waals surface area (Å²) in [5.74, 6) is -0.207. The van der Waals surface area contributed by atoms with Crippen molar-refractivity contribution in [2.45, 2.75) is 65.0 Å². The average Bonchev–Trinajstić information content (AvgIpc) is 2.72. The number of piperidine rings is 2. The Morgan fingerprint density at radius 2 is 1.59 bits per heavy atom. The first-order valence-corrected chi connectivity index (χ1v) is 10.5. The first kappa shape index (κ1) is 21.1. The minimum Gasteiger partial charge on any atom is -0.450 e. The number of urea groups is 1. The SMILES string of the molecule is Cc1nc(OC(C)C(=O)NC2CCN(C(=O)N3CCCCC3)CC2)nc(C)c1N. The zero-order chi connectivity index (χ0) is 21.0. The molecule has 3 N–H and O–H groups in total. The third kappa shape index (κ3) is 5.27. The van der Waals surface area contributed by atoms with Crippen LogP contribution in [0.3, 0.4) is 0 Å². The van der Waals surface area contributed by atoms with E-state index in [1.807, 2.05) is 9.80 Å². The molecular formula is C20H32N6O3. The summed E-state index contributed by atoms with van der Waals surface area (Å²) in [6, 6.07) is 0.325. The van der Waals surface area contributed by atoms with Crippen LogP contribution >= 0.6 is 0 Å². The van der Waals surface area contributed by atoms with E-state index in [9.17, 15) is 9.59 Å². The van der Waals surface area contributed by atoms with Gasteiger partial charge in [-0.3, -0.25) is 4.79 Å². The first-order chi connectivity index (χ1) is 13.8. The summed E-state index contributed by atoms with van der Waals surface area (Å²) in [5.41, 5.74) is 7.64. The number of hydrogen-bond donors (Lipinski definition) is 2. The van der Waals surface area contributed by atoms with Crippen LogP contribution in [0.5, 0.6) is 6.01 Å². The standard InChI is InChI=1S/C20H32N6O3/c1-13-17(21)14(2)23-19(22-13)29-15(3)18(27)24-16-7-11-26(12-8-16)20(28)25-9-5-4-6-10-25/h15-16H,4-12,21H2,1-3H3,(H,24,27). The van der Waals surface area contributed by atoms with Gasteiger partial charge >= 0.3 is 12.0 Å². The van der Waals surface area contributed by atoms with Gasteiger partial charge in [-0.25, -0.2) is 4.79 Å². The molecule has 1 unspecified atom stereocenters. The van der Waals surface area contributed by atoms with E-state index in [-0.39, 0.29) is 24.0 Å². The molecule has 0 spiro atoms. The molecule has 0 aliphatic carbocycles. The number of amides is 3. The van der Waals surface area contributed by atoms with Gasteiger partial charge in [-0.05, 0) is 52.9 Å². The second-order valence-corrected chi connectivity index (χ2v) is 7.95. The molecule has 3 amide bonds. The Kier molecular flexibility index (Phi) is 6.76. The maximum atomic E-state index is 12.6. The van der Waals surface area contributed by atoms with Crippen LogP contribution in [0.25, 0.3) is 0 Å². The highest BCUT2D eigenvalue weighted by Crippen LogP contribution is 2.18. The highest BCUT2D eigenvalue weighted by molar-refractivity contribution is 5.81. The van der Waals surface area contributed by atoms with Crippen molar-refractivity contribution in [2.24, 2.45) is 0 Å². The van der Waals surface area contributed by atoms with Crippen LogP contribution in [0.4, 0.5) is 10.5 Å². The average molecular weight is 405 g/mol. The predicted molar refractivity (Wildman–Crippen MR) is 110 cm³/mol. The van der Waals surface area contributed by atoms with Gasteiger partial charge in [0.15, 0.2) is 6.10 Å². The molecule has 9 nitrogen and oxygen atoms in total. The molecule has 2 aliphatic rings. The summed E-state index contributed by atoms with van der Waals surface area (Å²) in [6.07, 6.45) is 4.16. The van der Waals surface area contributed by atoms with E-state index in [0.29, 0.717) is 30.2 Å². The lowest BCUT2D eigenvalue weighted by Crippen LogP contribution is -2.52. The minimum atomic E-state index is -0.717. The lowest BCUT2D eigenvalue weighted by molar-refractivity contribution is -0.128. The Balaban J connectivity index is 1.46. The van der Waals surface area contributed by atoms with Gasteiger partial charge in [0.25, 0.3) is 5.91 Å². The van der Waals surface area contributed by atoms with E-state index in [0.717, 1.165) is 38.8 Å². The molecule has 29 heavy (non-hydrogen) atoms. The number of carbonyl (C=O) groups excluding carboxylic acids is 2. The number of aryl methyl sites for hydroxylation is 2. The van der Waals surface area contributed by atoms with Crippen molar-refractivity contribution in [3.05, 3.63) is 11.4 Å². The van der Waals surface area contributed by atoms with Crippen molar-refractivity contribution in [2.75, 3.05) is 31.9 Å². The predicted octanol–water partition coefficient (Wildman–Crippen LogP) is 1.63. The van der Waals surface area contributed by atoms with Crippen molar-refractivity contribution in [3.8, 4) is 6.01 Å². The topological polar surface area (TPSA) is 114 Å². The molecule has 2 aliphatic heterocycles. The van der Waals surface area contributed by atoms with Crippen LogP contribution < -0.4 is 15.8 Å². The van der Waals surface area contributed by atoms with Crippen LogP contribution in [0.2, 0.25) is 0 Å². The van der Waals surface area contributed by atoms with Crippen LogP contribution in [0.15, 0.2) is 0 Å². The fourth-order valence-electron chi connectivity index (χ4n) is 3.78. The molecule has 9 heteroatoms. The Bertz CT molecular complexity index is 719. The highest BCUT2D eigenvalue weighted by Gasteiger charge is 2.29. The van der Waals surface area contributed by atoms with Gasteiger partial charge in [0.2, 0.25) is 0 Å². The zero-order valence-electron chi connectivity index (χ0n) is 17.6. The highest BCUT2D eigenvalue weighted by atomic mass is 16.5. The van der Waals surface area contributed by atoms with Gasteiger partial charge in [0, 0.05) is 32.2 Å². The second-order valence-electron chi connectivity index (χ2n) is 7.95. The molecule has 3 heterocycles. The molecule has 1 aromatic rings. The van der Waals surface area contributed by atoms with Crippen LogP contribution in [0.1, 0.15) is 50.4 Å². The van der Waals surface area contributed by atoms with Gasteiger partial charge < -0.3 is 25.6 Å². The molecule has 160 valence electrons. The minimum absolute atomic E-state index is 0.0368. The number of rotatable bonds is 4. The lowest BCUT2D eigenvalue weighted by atomic mass is 10.0. The molecule has 2 saturated heterocycles. The Morgan fingerprint density at radius 3 is 2.17 bits per heavy atom. The van der Waals surface area contributed by atoms with Crippen LogP contribution in [-0.4, -0.2) is 70.0 Å². The molecule has 2 fully saturated rings. The quantitative estimate of drug-likeness (QED) is 0.788. The van der Waals surface area contributed by atoms with Crippen molar-refractivity contribution >= 4 is 17.6 Å². The van der Waals surface area contributed by atoms with Crippen LogP contribution in [0, 0.1) is 13.8 Å². The maximum absolute atomic E-state index is 12.6. The molecule has 0 radical (unpaired) electrons. The molecule has 1 atom stereocenters. The third-order valence-corrected chi connectivity index (χ3v) is 5.70. The fourth-order valence-corrected chi connectivity index (χ4v) is 3.78. The van der Waals surface area contributed by atoms with Crippen molar-refractivity contribution < 1.29 is 14.3 Å². The number of likely N-dealkylation sites (tertiary alicyclic amines) is 2. The maximum Gasteiger partial charge on any atom is 0.319 e. The van der Waals surface area contributed by atoms with E-state index in [4.69, 9.17) is 10.5 Å². The van der Waals surface area contributed by atoms with Gasteiger partial charge in [-0.15, -0.1) is 0 Å². The van der Waals surface area contributed by atoms with Crippen molar-refractivity contribution in [1.29, 1.82) is 0 Å². The van der Waals surface area contributed by atoms with Crippen molar-refractivity contribution in [1.82, 2.24) is 25.1 Å². The largest absolute Gasteiger partial charge is 0.450 e. The third-order valence-electron chi connectivity index (χ3n) is 5.70. The summed E-state index contributed by atoms with van der Waals surface area (Å²) in [7, 11) is 0. The second kappa shape index (κ2) is 9.28. The number of aromatic nitrogens is 2. The summed E-state index contributed by atoms with van der Waals surface area (Å²) in [5, 5.41) is 3.02. The number of nitrogens with one attached hydrogen (secondary N) is 1. The van der Waals surface area contributed by atoms with Gasteiger partial charge in [0.1, 0.15) is 0 Å². The molecule has 0 saturated carbocycles. The summed E-state index contributed by atoms with van der Waals surface area (Å²) >= 11 is 0. The Hall–Kier alpha value is -2.58. The van der Waals surface area contributed by atoms with Crippen molar-refractivity contribution in [3.63, 3.8) is 0 Å². The van der Waals surface area contributed by atoms with Gasteiger partial charge in [-0.1, -0.05) is 0 Å². The number of carbonyl (C=O) groups is 2. The molecule has 3 rings (SSSR count). The van der Waals surface area contributed by atoms with E-state index < -0.39 is 6.10 Å². The first-order valence-electron chi connectivity index (χ1n) is 10.5. The Morgan fingerprint density at radius 1 is 1.03 bits per heavy atom. The fraction of sp³-hybridized carbons (Fsp3) is 0.700. The van der Waals surface area contributed by atoms with E-state index in [1.165, 1.54) is 6.42 Å². The number of nitrogens with two attached hydrogens (primary N) is 1. The Labute approximate surface area is 172 Å². The van der Waals surface area contributed by atoms with Gasteiger partial charge in [-0.2, -0.15) is 9.97 Å². The van der Waals surface area contributed by atoms with Gasteiger partial charge in [0.05, 0.1) is 17.1 Å². The van der Waals surface area contributed by atoms with E-state index >= 15 is 0 Å². The summed E-state index contributed by atoms with van der Waals surface area (Å²) < 4.78 is 5.61. The number of nitrogen functional groups attached to an aromatic ring is 1. The normalized spacial score (nSPS) is 19.0. The molecular weight excluding hydrogens is 372 g/mol. The number of hydrogen-bond acceptors (Lipinski definition) is 6. The zero-order valence-corrected chi connectivity index (χ0v) is 17.6. The number of nitrogens with zero attached hydrogens (tertiary/aromatic N) is 4. The molecule has 1 aromatic heterocycles. The lowest BCUT2D eigenvalue weighted by Gasteiger charge is -2.37. The summed E-state index contributed by atoms with van der Waals surface area (Å²) in [4.78, 5) is 37.3. The van der Waals surface area contributed by atoms with E-state index in [1.54, 1.807) is 20.8 Å². The van der Waals surface area contributed by atoms with E-state index in [2.05, 4.69) is 15.3 Å². The molecule has 0 aromatic carbocycles. The molecule has 0 bridgehead atoms. The van der Waals surface area contributed by atoms with Crippen LogP contribution in [-0.2, 0) is 4.79 Å². The monoisotopic (exact) mass is 404 g/mol. The number of ether oxygens (including phenoxy) is 1. The smallest absolute Gasteiger partial charge is 0.319 e.